The summed E-state index contributed by atoms with van der Waals surface area (Å²) in [6.07, 6.45) is 0. The molecule has 1 nitrogen and oxygen atoms in total. The molecule has 0 fully saturated rings. The summed E-state index contributed by atoms with van der Waals surface area (Å²) in [6, 6.07) is 78.8. The van der Waals surface area contributed by atoms with Crippen molar-refractivity contribution in [3.8, 4) is 33.4 Å². The van der Waals surface area contributed by atoms with Crippen molar-refractivity contribution in [3.63, 3.8) is 0 Å². The van der Waals surface area contributed by atoms with Crippen molar-refractivity contribution in [1.82, 2.24) is 0 Å². The molecule has 2 spiro atoms. The number of hydrogen-bond acceptors (Lipinski definition) is 2. The highest BCUT2D eigenvalue weighted by Gasteiger charge is 2.54. The van der Waals surface area contributed by atoms with Gasteiger partial charge >= 0.3 is 0 Å². The Balaban J connectivity index is 1.08. The second kappa shape index (κ2) is 16.6. The molecule has 0 atom stereocenters. The largest absolute Gasteiger partial charge is 0.310 e. The Morgan fingerprint density at radius 3 is 1.19 bits per heavy atom. The molecule has 10 aromatic carbocycles. The third kappa shape index (κ3) is 6.87. The van der Waals surface area contributed by atoms with Crippen LogP contribution in [0.1, 0.15) is 150 Å². The minimum absolute atomic E-state index is 0.0406. The molecule has 1 aliphatic heterocycles. The average Bonchev–Trinajstić information content (AvgIpc) is 3.68. The van der Waals surface area contributed by atoms with Gasteiger partial charge in [0.15, 0.2) is 0 Å². The zero-order valence-corrected chi connectivity index (χ0v) is 48.2. The summed E-state index contributed by atoms with van der Waals surface area (Å²) in [5, 5.41) is 2.43. The first-order valence-corrected chi connectivity index (χ1v) is 29.0. The lowest BCUT2D eigenvalue weighted by Crippen LogP contribution is -2.33. The summed E-state index contributed by atoms with van der Waals surface area (Å²) in [6.45, 7) is 28.3. The zero-order chi connectivity index (χ0) is 54.1. The molecule has 0 N–H and O–H groups in total. The molecule has 14 rings (SSSR count). The Morgan fingerprint density at radius 1 is 0.295 bits per heavy atom. The van der Waals surface area contributed by atoms with E-state index in [9.17, 15) is 0 Å². The van der Waals surface area contributed by atoms with Gasteiger partial charge in [0.1, 0.15) is 0 Å². The summed E-state index contributed by atoms with van der Waals surface area (Å²) in [4.78, 5) is 5.21. The fourth-order valence-corrected chi connectivity index (χ4v) is 15.3. The molecule has 2 heteroatoms. The van der Waals surface area contributed by atoms with Gasteiger partial charge in [-0.25, -0.2) is 0 Å². The monoisotopic (exact) mass is 1030 g/mol. The Hall–Kier alpha value is -7.39. The van der Waals surface area contributed by atoms with Crippen molar-refractivity contribution in [1.29, 1.82) is 0 Å². The summed E-state index contributed by atoms with van der Waals surface area (Å²) in [7, 11) is 0. The van der Waals surface area contributed by atoms with Crippen LogP contribution in [0.4, 0.5) is 17.1 Å². The highest BCUT2D eigenvalue weighted by Crippen LogP contribution is 2.66. The van der Waals surface area contributed by atoms with E-state index in [0.29, 0.717) is 0 Å². The fraction of sp³-hybridized carbons (Fsp3) is 0.237. The van der Waals surface area contributed by atoms with Crippen LogP contribution >= 0.6 is 11.8 Å². The lowest BCUT2D eigenvalue weighted by Gasteiger charge is -2.41. The van der Waals surface area contributed by atoms with Crippen LogP contribution in [0.5, 0.6) is 0 Å². The van der Waals surface area contributed by atoms with Gasteiger partial charge in [0, 0.05) is 26.6 Å². The van der Waals surface area contributed by atoms with Gasteiger partial charge in [-0.05, 0) is 170 Å². The maximum Gasteiger partial charge on any atom is 0.0736 e. The maximum absolute atomic E-state index is 2.60. The number of fused-ring (bicyclic) bond motifs is 20. The molecule has 0 bridgehead atoms. The summed E-state index contributed by atoms with van der Waals surface area (Å²) in [5.41, 5.74) is 26.4. The minimum Gasteiger partial charge on any atom is -0.310 e. The van der Waals surface area contributed by atoms with E-state index in [1.807, 2.05) is 11.8 Å². The van der Waals surface area contributed by atoms with E-state index in [4.69, 9.17) is 0 Å². The Kier molecular flexibility index (Phi) is 10.4. The predicted octanol–water partition coefficient (Wildman–Crippen LogP) is 20.7. The van der Waals surface area contributed by atoms with E-state index in [1.165, 1.54) is 121 Å². The van der Waals surface area contributed by atoms with Crippen molar-refractivity contribution in [2.75, 3.05) is 4.90 Å². The van der Waals surface area contributed by atoms with Crippen molar-refractivity contribution in [2.45, 2.75) is 125 Å². The molecular formula is C76H69NS. The van der Waals surface area contributed by atoms with Gasteiger partial charge in [-0.1, -0.05) is 253 Å². The lowest BCUT2D eigenvalue weighted by atomic mass is 9.66. The van der Waals surface area contributed by atoms with Crippen LogP contribution in [0, 0.1) is 0 Å². The van der Waals surface area contributed by atoms with Crippen molar-refractivity contribution >= 4 is 39.6 Å². The lowest BCUT2D eigenvalue weighted by molar-refractivity contribution is 0.585. The van der Waals surface area contributed by atoms with E-state index in [-0.39, 0.29) is 21.7 Å². The first-order chi connectivity index (χ1) is 37.2. The smallest absolute Gasteiger partial charge is 0.0736 e. The van der Waals surface area contributed by atoms with Crippen LogP contribution in [0.25, 0.3) is 44.2 Å². The van der Waals surface area contributed by atoms with Gasteiger partial charge in [-0.15, -0.1) is 0 Å². The van der Waals surface area contributed by atoms with Crippen LogP contribution in [0.15, 0.2) is 210 Å². The van der Waals surface area contributed by atoms with Gasteiger partial charge in [0.05, 0.1) is 16.5 Å². The summed E-state index contributed by atoms with van der Waals surface area (Å²) in [5.74, 6) is 0. The van der Waals surface area contributed by atoms with E-state index in [1.54, 1.807) is 0 Å². The average molecular weight is 1030 g/mol. The van der Waals surface area contributed by atoms with Gasteiger partial charge in [-0.2, -0.15) is 0 Å². The highest BCUT2D eigenvalue weighted by molar-refractivity contribution is 7.99. The Labute approximate surface area is 467 Å². The van der Waals surface area contributed by atoms with Gasteiger partial charge < -0.3 is 4.90 Å². The Bertz CT molecular complexity index is 4040. The molecule has 4 aliphatic rings. The van der Waals surface area contributed by atoms with Crippen LogP contribution in [0.2, 0.25) is 0 Å². The van der Waals surface area contributed by atoms with Crippen LogP contribution < -0.4 is 4.90 Å². The molecule has 384 valence electrons. The number of benzene rings is 10. The second-order valence-electron chi connectivity index (χ2n) is 26.9. The van der Waals surface area contributed by atoms with Crippen molar-refractivity contribution in [3.05, 3.63) is 267 Å². The van der Waals surface area contributed by atoms with E-state index < -0.39 is 10.8 Å². The highest BCUT2D eigenvalue weighted by atomic mass is 32.2. The molecule has 78 heavy (non-hydrogen) atoms. The standard InChI is InChI=1S/C76H69NS/c1-71(2,3)47-28-34-55-56-35-29-48(72(4,5)6)41-63(56)75(62(55)40-47)60-24-16-15-23-54(60)59-38-32-51(44-66(59)75)77(68-26-19-21-46-20-13-14-22-53(46)68)52-33-39-70-67(45-52)76(61-25-17-18-27-69(61)78-70)64-42-49(73(7,8)9)30-36-57(64)58-37-31-50(43-65(58)76)74(10,11)12/h13-45H,1-12H3. The van der Waals surface area contributed by atoms with Crippen molar-refractivity contribution < 1.29 is 0 Å². The molecule has 0 aromatic heterocycles. The number of rotatable bonds is 3. The van der Waals surface area contributed by atoms with Crippen LogP contribution in [0.3, 0.4) is 0 Å². The summed E-state index contributed by atoms with van der Waals surface area (Å²) >= 11 is 1.92. The first-order valence-electron chi connectivity index (χ1n) is 28.2. The third-order valence-electron chi connectivity index (χ3n) is 18.2. The molecule has 0 amide bonds. The Morgan fingerprint density at radius 2 is 0.667 bits per heavy atom. The van der Waals surface area contributed by atoms with E-state index in [0.717, 1.165) is 17.1 Å². The molecule has 0 saturated carbocycles. The molecule has 0 radical (unpaired) electrons. The maximum atomic E-state index is 2.60. The van der Waals surface area contributed by atoms with Crippen LogP contribution in [-0.4, -0.2) is 0 Å². The molecule has 10 aromatic rings. The molecule has 0 unspecified atom stereocenters. The molecule has 3 aliphatic carbocycles. The normalized spacial score (nSPS) is 15.1. The van der Waals surface area contributed by atoms with Gasteiger partial charge in [0.25, 0.3) is 0 Å². The summed E-state index contributed by atoms with van der Waals surface area (Å²) < 4.78 is 0. The fourth-order valence-electron chi connectivity index (χ4n) is 14.1. The van der Waals surface area contributed by atoms with Crippen LogP contribution in [-0.2, 0) is 32.5 Å². The quantitative estimate of drug-likeness (QED) is 0.173. The number of nitrogens with zero attached hydrogens (tertiary/aromatic N) is 1. The van der Waals surface area contributed by atoms with E-state index >= 15 is 0 Å². The minimum atomic E-state index is -0.582. The van der Waals surface area contributed by atoms with Gasteiger partial charge in [-0.3, -0.25) is 0 Å². The predicted molar refractivity (Wildman–Crippen MR) is 331 cm³/mol. The molecule has 1 heterocycles. The number of hydrogen-bond donors (Lipinski definition) is 0. The SMILES string of the molecule is CC(C)(C)c1ccc2c(c1)C1(c3ccccc3Sc3ccc(N(c4ccc5c(c4)C4(c6ccccc6-5)c5cc(C(C)(C)C)ccc5-c5ccc(C(C)(C)C)cc54)c4cccc5ccccc45)cc31)c1cc(C(C)(C)C)ccc1-2. The van der Waals surface area contributed by atoms with Gasteiger partial charge in [0.2, 0.25) is 0 Å². The third-order valence-corrected chi connectivity index (χ3v) is 19.3. The van der Waals surface area contributed by atoms with Crippen molar-refractivity contribution in [2.24, 2.45) is 0 Å². The topological polar surface area (TPSA) is 3.24 Å². The zero-order valence-electron chi connectivity index (χ0n) is 47.4. The first kappa shape index (κ1) is 48.9. The molecular weight excluding hydrogens is 959 g/mol. The second-order valence-corrected chi connectivity index (χ2v) is 28.0. The number of anilines is 3. The molecule has 0 saturated heterocycles. The van der Waals surface area contributed by atoms with E-state index in [2.05, 4.69) is 288 Å².